The summed E-state index contributed by atoms with van der Waals surface area (Å²) >= 11 is 0. The van der Waals surface area contributed by atoms with Crippen molar-refractivity contribution in [2.45, 2.75) is 45.1 Å². The summed E-state index contributed by atoms with van der Waals surface area (Å²) in [7, 11) is 0. The molecule has 1 fully saturated rings. The predicted molar refractivity (Wildman–Crippen MR) is 67.2 cm³/mol. The number of nitrogens with one attached hydrogen (secondary N) is 1. The summed E-state index contributed by atoms with van der Waals surface area (Å²) in [5.74, 6) is 0. The van der Waals surface area contributed by atoms with E-state index in [4.69, 9.17) is 0 Å². The Hall–Kier alpha value is -0.340. The van der Waals surface area contributed by atoms with Crippen LogP contribution in [0.1, 0.15) is 39.0 Å². The van der Waals surface area contributed by atoms with Gasteiger partial charge in [-0.25, -0.2) is 0 Å². The lowest BCUT2D eigenvalue weighted by Crippen LogP contribution is -2.46. The van der Waals surface area contributed by atoms with Gasteiger partial charge >= 0.3 is 0 Å². The second kappa shape index (κ2) is 7.89. The van der Waals surface area contributed by atoms with Gasteiger partial charge < -0.3 is 5.32 Å². The molecule has 0 bridgehead atoms. The molecule has 2 heteroatoms. The van der Waals surface area contributed by atoms with Crippen molar-refractivity contribution in [2.75, 3.05) is 26.2 Å². The van der Waals surface area contributed by atoms with E-state index in [1.165, 1.54) is 51.9 Å². The van der Waals surface area contributed by atoms with Crippen molar-refractivity contribution in [3.63, 3.8) is 0 Å². The minimum absolute atomic E-state index is 0.781. The van der Waals surface area contributed by atoms with Crippen LogP contribution in [0.25, 0.3) is 0 Å². The third-order valence-corrected chi connectivity index (χ3v) is 3.15. The van der Waals surface area contributed by atoms with Crippen molar-refractivity contribution >= 4 is 0 Å². The van der Waals surface area contributed by atoms with Gasteiger partial charge in [0.2, 0.25) is 0 Å². The first kappa shape index (κ1) is 12.7. The molecule has 0 spiro atoms. The zero-order valence-corrected chi connectivity index (χ0v) is 10.2. The Morgan fingerprint density at radius 1 is 1.47 bits per heavy atom. The van der Waals surface area contributed by atoms with Crippen molar-refractivity contribution < 1.29 is 0 Å². The Bertz CT molecular complexity index is 162. The van der Waals surface area contributed by atoms with Crippen molar-refractivity contribution in [1.29, 1.82) is 0 Å². The van der Waals surface area contributed by atoms with Gasteiger partial charge in [-0.2, -0.15) is 0 Å². The maximum Gasteiger partial charge on any atom is 0.0221 e. The molecule has 0 radical (unpaired) electrons. The molecule has 1 atom stereocenters. The molecule has 0 amide bonds. The Balaban J connectivity index is 2.29. The average molecular weight is 210 g/mol. The lowest BCUT2D eigenvalue weighted by molar-refractivity contribution is 0.164. The summed E-state index contributed by atoms with van der Waals surface area (Å²) < 4.78 is 0. The van der Waals surface area contributed by atoms with E-state index >= 15 is 0 Å². The fraction of sp³-hybridized carbons (Fsp3) is 0.846. The van der Waals surface area contributed by atoms with Crippen molar-refractivity contribution in [3.8, 4) is 0 Å². The molecular formula is C13H26N2. The Labute approximate surface area is 94.7 Å². The quantitative estimate of drug-likeness (QED) is 0.513. The highest BCUT2D eigenvalue weighted by molar-refractivity contribution is 4.79. The van der Waals surface area contributed by atoms with Crippen LogP contribution in [0.3, 0.4) is 0 Å². The van der Waals surface area contributed by atoms with Gasteiger partial charge in [-0.05, 0) is 51.7 Å². The van der Waals surface area contributed by atoms with Gasteiger partial charge in [0, 0.05) is 12.6 Å². The fourth-order valence-electron chi connectivity index (χ4n) is 2.35. The van der Waals surface area contributed by atoms with E-state index in [2.05, 4.69) is 23.7 Å². The first-order chi connectivity index (χ1) is 7.38. The zero-order chi connectivity index (χ0) is 10.9. The van der Waals surface area contributed by atoms with Gasteiger partial charge in [0.05, 0.1) is 0 Å². The first-order valence-electron chi connectivity index (χ1n) is 6.44. The summed E-state index contributed by atoms with van der Waals surface area (Å²) in [6.07, 6.45) is 8.43. The van der Waals surface area contributed by atoms with Gasteiger partial charge in [0.15, 0.2) is 0 Å². The highest BCUT2D eigenvalue weighted by Crippen LogP contribution is 2.12. The minimum Gasteiger partial charge on any atom is -0.315 e. The fourth-order valence-corrected chi connectivity index (χ4v) is 2.35. The highest BCUT2D eigenvalue weighted by atomic mass is 15.2. The lowest BCUT2D eigenvalue weighted by Gasteiger charge is -2.34. The van der Waals surface area contributed by atoms with E-state index in [0.29, 0.717) is 0 Å². The smallest absolute Gasteiger partial charge is 0.0221 e. The highest BCUT2D eigenvalue weighted by Gasteiger charge is 2.19. The van der Waals surface area contributed by atoms with Crippen LogP contribution in [0.15, 0.2) is 12.7 Å². The summed E-state index contributed by atoms with van der Waals surface area (Å²) in [5, 5.41) is 3.50. The molecule has 1 N–H and O–H groups in total. The number of allylic oxidation sites excluding steroid dienone is 1. The summed E-state index contributed by atoms with van der Waals surface area (Å²) in [6.45, 7) is 11.0. The molecule has 1 aliphatic heterocycles. The molecule has 0 aromatic carbocycles. The van der Waals surface area contributed by atoms with E-state index < -0.39 is 0 Å². The topological polar surface area (TPSA) is 15.3 Å². The molecule has 1 rings (SSSR count). The van der Waals surface area contributed by atoms with E-state index in [-0.39, 0.29) is 0 Å². The average Bonchev–Trinajstić information content (AvgIpc) is 2.29. The van der Waals surface area contributed by atoms with E-state index in [0.717, 1.165) is 12.5 Å². The van der Waals surface area contributed by atoms with Crippen molar-refractivity contribution in [3.05, 3.63) is 12.7 Å². The lowest BCUT2D eigenvalue weighted by atomic mass is 10.1. The van der Waals surface area contributed by atoms with Crippen LogP contribution >= 0.6 is 0 Å². The zero-order valence-electron chi connectivity index (χ0n) is 10.2. The number of hydrogen-bond donors (Lipinski definition) is 1. The number of hydrogen-bond acceptors (Lipinski definition) is 2. The standard InChI is InChI=1S/C13H26N2/c1-3-5-6-11-15(10-4-2)13-8-7-9-14-12-13/h3,13-14H,1,4-12H2,2H3. The largest absolute Gasteiger partial charge is 0.315 e. The van der Waals surface area contributed by atoms with Gasteiger partial charge in [0.25, 0.3) is 0 Å². The Kier molecular flexibility index (Phi) is 6.69. The molecule has 88 valence electrons. The van der Waals surface area contributed by atoms with Crippen LogP contribution < -0.4 is 5.32 Å². The normalized spacial score (nSPS) is 21.9. The molecule has 1 heterocycles. The summed E-state index contributed by atoms with van der Waals surface area (Å²) in [4.78, 5) is 2.66. The maximum absolute atomic E-state index is 3.79. The molecule has 1 saturated heterocycles. The number of rotatable bonds is 7. The van der Waals surface area contributed by atoms with Crippen LogP contribution in [0.2, 0.25) is 0 Å². The predicted octanol–water partition coefficient (Wildman–Crippen LogP) is 2.42. The monoisotopic (exact) mass is 210 g/mol. The molecule has 15 heavy (non-hydrogen) atoms. The molecule has 0 aromatic heterocycles. The van der Waals surface area contributed by atoms with Crippen LogP contribution in [-0.4, -0.2) is 37.1 Å². The van der Waals surface area contributed by atoms with Crippen LogP contribution in [0.5, 0.6) is 0 Å². The molecule has 1 aliphatic rings. The molecule has 0 saturated carbocycles. The third kappa shape index (κ3) is 4.80. The second-order valence-electron chi connectivity index (χ2n) is 4.47. The molecule has 2 nitrogen and oxygen atoms in total. The SMILES string of the molecule is C=CCCCN(CCC)C1CCCNC1. The van der Waals surface area contributed by atoms with Crippen LogP contribution in [0.4, 0.5) is 0 Å². The van der Waals surface area contributed by atoms with E-state index in [1.54, 1.807) is 0 Å². The Morgan fingerprint density at radius 3 is 2.93 bits per heavy atom. The van der Waals surface area contributed by atoms with Crippen LogP contribution in [-0.2, 0) is 0 Å². The third-order valence-electron chi connectivity index (χ3n) is 3.15. The van der Waals surface area contributed by atoms with Gasteiger partial charge in [-0.1, -0.05) is 13.0 Å². The van der Waals surface area contributed by atoms with Crippen molar-refractivity contribution in [1.82, 2.24) is 10.2 Å². The molecule has 0 aromatic rings. The first-order valence-corrected chi connectivity index (χ1v) is 6.44. The van der Waals surface area contributed by atoms with Gasteiger partial charge in [-0.3, -0.25) is 4.90 Å². The van der Waals surface area contributed by atoms with Gasteiger partial charge in [-0.15, -0.1) is 6.58 Å². The summed E-state index contributed by atoms with van der Waals surface area (Å²) in [5.41, 5.74) is 0. The van der Waals surface area contributed by atoms with Gasteiger partial charge in [0.1, 0.15) is 0 Å². The minimum atomic E-state index is 0.781. The molecule has 1 unspecified atom stereocenters. The second-order valence-corrected chi connectivity index (χ2v) is 4.47. The maximum atomic E-state index is 3.79. The summed E-state index contributed by atoms with van der Waals surface area (Å²) in [6, 6.07) is 0.781. The Morgan fingerprint density at radius 2 is 2.33 bits per heavy atom. The molecule has 0 aliphatic carbocycles. The van der Waals surface area contributed by atoms with Crippen molar-refractivity contribution in [2.24, 2.45) is 0 Å². The van der Waals surface area contributed by atoms with Crippen LogP contribution in [0, 0.1) is 0 Å². The van der Waals surface area contributed by atoms with E-state index in [9.17, 15) is 0 Å². The molecular weight excluding hydrogens is 184 g/mol. The number of nitrogens with zero attached hydrogens (tertiary/aromatic N) is 1. The van der Waals surface area contributed by atoms with E-state index in [1.807, 2.05) is 6.08 Å². The number of piperidine rings is 1. The number of unbranched alkanes of at least 4 members (excludes halogenated alkanes) is 1.